The number of ether oxygens (including phenoxy) is 1. The number of nitrogen functional groups attached to an aromatic ring is 1. The lowest BCUT2D eigenvalue weighted by atomic mass is 10.2. The molecule has 2 aromatic carbocycles. The van der Waals surface area contributed by atoms with Gasteiger partial charge in [-0.1, -0.05) is 12.1 Å². The Hall–Kier alpha value is -2.99. The Bertz CT molecular complexity index is 942. The van der Waals surface area contributed by atoms with E-state index in [-0.39, 0.29) is 11.7 Å². The minimum absolute atomic E-state index is 0.224. The summed E-state index contributed by atoms with van der Waals surface area (Å²) in [6.07, 6.45) is 3.61. The van der Waals surface area contributed by atoms with Gasteiger partial charge >= 0.3 is 0 Å². The number of carbonyl (C=O) groups is 1. The summed E-state index contributed by atoms with van der Waals surface area (Å²) in [7, 11) is 0. The molecule has 0 aliphatic heterocycles. The van der Waals surface area contributed by atoms with Crippen molar-refractivity contribution < 1.29 is 9.53 Å². The van der Waals surface area contributed by atoms with Gasteiger partial charge in [0.25, 0.3) is 5.91 Å². The van der Waals surface area contributed by atoms with E-state index in [1.165, 1.54) is 4.90 Å². The number of aryl methyl sites for hydroxylation is 1. The van der Waals surface area contributed by atoms with E-state index < -0.39 is 0 Å². The molecule has 27 heavy (non-hydrogen) atoms. The first-order chi connectivity index (χ1) is 13.1. The topological polar surface area (TPSA) is 77.2 Å². The highest BCUT2D eigenvalue weighted by Gasteiger charge is 2.09. The molecule has 3 rings (SSSR count). The van der Waals surface area contributed by atoms with E-state index >= 15 is 0 Å². The van der Waals surface area contributed by atoms with Crippen LogP contribution < -0.4 is 15.8 Å². The fourth-order valence-electron chi connectivity index (χ4n) is 2.55. The Morgan fingerprint density at radius 2 is 1.96 bits per heavy atom. The van der Waals surface area contributed by atoms with Gasteiger partial charge in [0.2, 0.25) is 0 Å². The molecule has 0 unspecified atom stereocenters. The third-order valence-corrected chi connectivity index (χ3v) is 4.79. The van der Waals surface area contributed by atoms with Gasteiger partial charge in [-0.3, -0.25) is 4.79 Å². The summed E-state index contributed by atoms with van der Waals surface area (Å²) in [6, 6.07) is 17.1. The lowest BCUT2D eigenvalue weighted by Crippen LogP contribution is -2.24. The first-order valence-corrected chi connectivity index (χ1v) is 9.69. The van der Waals surface area contributed by atoms with Crippen molar-refractivity contribution in [2.24, 2.45) is 0 Å². The van der Waals surface area contributed by atoms with Gasteiger partial charge < -0.3 is 15.8 Å². The van der Waals surface area contributed by atoms with Gasteiger partial charge in [0.15, 0.2) is 0 Å². The van der Waals surface area contributed by atoms with Crippen LogP contribution in [0.5, 0.6) is 11.5 Å². The van der Waals surface area contributed by atoms with Crippen LogP contribution >= 0.6 is 11.8 Å². The quantitative estimate of drug-likeness (QED) is 0.620. The minimum atomic E-state index is -0.245. The van der Waals surface area contributed by atoms with Crippen molar-refractivity contribution in [2.75, 3.05) is 12.0 Å². The van der Waals surface area contributed by atoms with Gasteiger partial charge in [0.05, 0.1) is 5.56 Å². The summed E-state index contributed by atoms with van der Waals surface area (Å²) in [5.41, 5.74) is 8.16. The van der Waals surface area contributed by atoms with E-state index in [2.05, 4.69) is 22.6 Å². The first-order valence-electron chi connectivity index (χ1n) is 8.47. The zero-order chi connectivity index (χ0) is 19.2. The third kappa shape index (κ3) is 4.80. The number of nitrogens with two attached hydrogens (primary N) is 1. The summed E-state index contributed by atoms with van der Waals surface area (Å²) >= 11 is 1.71. The van der Waals surface area contributed by atoms with Crippen molar-refractivity contribution in [3.63, 3.8) is 0 Å². The molecule has 0 atom stereocenters. The number of thioether (sulfide) groups is 1. The van der Waals surface area contributed by atoms with E-state index in [9.17, 15) is 4.79 Å². The molecule has 1 aromatic heterocycles. The van der Waals surface area contributed by atoms with Gasteiger partial charge in [0, 0.05) is 17.6 Å². The Morgan fingerprint density at radius 3 is 2.63 bits per heavy atom. The highest BCUT2D eigenvalue weighted by molar-refractivity contribution is 7.98. The number of nitrogens with zero attached hydrogens (tertiary/aromatic N) is 1. The second kappa shape index (κ2) is 8.60. The van der Waals surface area contributed by atoms with Crippen molar-refractivity contribution in [1.29, 1.82) is 0 Å². The normalized spacial score (nSPS) is 10.4. The Balaban J connectivity index is 1.60. The molecule has 1 amide bonds. The summed E-state index contributed by atoms with van der Waals surface area (Å²) < 4.78 is 5.95. The van der Waals surface area contributed by atoms with Crippen LogP contribution in [0.15, 0.2) is 65.7 Å². The molecule has 5 nitrogen and oxygen atoms in total. The Morgan fingerprint density at radius 1 is 1.19 bits per heavy atom. The average Bonchev–Trinajstić information content (AvgIpc) is 2.69. The van der Waals surface area contributed by atoms with Crippen LogP contribution in [0.3, 0.4) is 0 Å². The fourth-order valence-corrected chi connectivity index (χ4v) is 3.05. The number of pyridine rings is 1. The SMILES string of the molecule is CSc1ccc(Oc2ccc(CNC(=O)c3cccnc3N)cc2)c(C)c1. The first kappa shape index (κ1) is 18.8. The Labute approximate surface area is 163 Å². The van der Waals surface area contributed by atoms with Crippen LogP contribution in [0.4, 0.5) is 5.82 Å². The maximum absolute atomic E-state index is 12.2. The smallest absolute Gasteiger partial charge is 0.255 e. The van der Waals surface area contributed by atoms with Crippen molar-refractivity contribution in [1.82, 2.24) is 10.3 Å². The predicted molar refractivity (Wildman–Crippen MR) is 109 cm³/mol. The summed E-state index contributed by atoms with van der Waals surface area (Å²) in [5.74, 6) is 1.56. The zero-order valence-corrected chi connectivity index (χ0v) is 16.0. The van der Waals surface area contributed by atoms with E-state index in [0.29, 0.717) is 12.1 Å². The number of amides is 1. The van der Waals surface area contributed by atoms with Crippen LogP contribution in [-0.2, 0) is 6.54 Å². The van der Waals surface area contributed by atoms with Gasteiger partial charge in [0.1, 0.15) is 17.3 Å². The molecule has 0 saturated heterocycles. The van der Waals surface area contributed by atoms with E-state index in [1.807, 2.05) is 43.3 Å². The highest BCUT2D eigenvalue weighted by atomic mass is 32.2. The van der Waals surface area contributed by atoms with Crippen LogP contribution in [0.25, 0.3) is 0 Å². The molecule has 0 aliphatic carbocycles. The zero-order valence-electron chi connectivity index (χ0n) is 15.2. The van der Waals surface area contributed by atoms with Crippen molar-refractivity contribution >= 4 is 23.5 Å². The number of carbonyl (C=O) groups excluding carboxylic acids is 1. The molecule has 0 bridgehead atoms. The third-order valence-electron chi connectivity index (χ3n) is 4.07. The van der Waals surface area contributed by atoms with Crippen molar-refractivity contribution in [3.05, 3.63) is 77.5 Å². The summed E-state index contributed by atoms with van der Waals surface area (Å²) in [4.78, 5) is 17.3. The molecule has 0 fully saturated rings. The Kier molecular flexibility index (Phi) is 5.98. The highest BCUT2D eigenvalue weighted by Crippen LogP contribution is 2.28. The number of hydrogen-bond acceptors (Lipinski definition) is 5. The number of hydrogen-bond donors (Lipinski definition) is 2. The maximum atomic E-state index is 12.2. The van der Waals surface area contributed by atoms with Gasteiger partial charge in [-0.05, 0) is 66.8 Å². The number of aromatic nitrogens is 1. The number of anilines is 1. The number of rotatable bonds is 6. The second-order valence-electron chi connectivity index (χ2n) is 6.00. The van der Waals surface area contributed by atoms with E-state index in [1.54, 1.807) is 30.1 Å². The molecule has 0 aliphatic rings. The maximum Gasteiger partial charge on any atom is 0.255 e. The molecule has 1 heterocycles. The predicted octanol–water partition coefficient (Wildman–Crippen LogP) is 4.42. The molecule has 0 spiro atoms. The van der Waals surface area contributed by atoms with Crippen LogP contribution in [-0.4, -0.2) is 17.1 Å². The molecule has 3 aromatic rings. The molecule has 138 valence electrons. The molecule has 0 radical (unpaired) electrons. The average molecular weight is 379 g/mol. The summed E-state index contributed by atoms with van der Waals surface area (Å²) in [5, 5.41) is 2.84. The molecular formula is C21H21N3O2S. The number of benzene rings is 2. The molecule has 6 heteroatoms. The van der Waals surface area contributed by atoms with Crippen molar-refractivity contribution in [2.45, 2.75) is 18.4 Å². The van der Waals surface area contributed by atoms with Crippen LogP contribution in [0, 0.1) is 6.92 Å². The standard InChI is InChI=1S/C21H21N3O2S/c1-14-12-17(27-2)9-10-19(14)26-16-7-5-15(6-8-16)13-24-21(25)18-4-3-11-23-20(18)22/h3-12H,13H2,1-2H3,(H2,22,23)(H,24,25). The summed E-state index contributed by atoms with van der Waals surface area (Å²) in [6.45, 7) is 2.43. The van der Waals surface area contributed by atoms with Crippen LogP contribution in [0.1, 0.15) is 21.5 Å². The van der Waals surface area contributed by atoms with Gasteiger partial charge in [-0.2, -0.15) is 0 Å². The van der Waals surface area contributed by atoms with Gasteiger partial charge in [-0.25, -0.2) is 4.98 Å². The largest absolute Gasteiger partial charge is 0.457 e. The fraction of sp³-hybridized carbons (Fsp3) is 0.143. The lowest BCUT2D eigenvalue weighted by molar-refractivity contribution is 0.0951. The lowest BCUT2D eigenvalue weighted by Gasteiger charge is -2.11. The molecule has 3 N–H and O–H groups in total. The van der Waals surface area contributed by atoms with Crippen molar-refractivity contribution in [3.8, 4) is 11.5 Å². The molecular weight excluding hydrogens is 358 g/mol. The number of nitrogens with one attached hydrogen (secondary N) is 1. The monoisotopic (exact) mass is 379 g/mol. The molecule has 0 saturated carbocycles. The van der Waals surface area contributed by atoms with E-state index in [4.69, 9.17) is 10.5 Å². The van der Waals surface area contributed by atoms with Crippen LogP contribution in [0.2, 0.25) is 0 Å². The van der Waals surface area contributed by atoms with Gasteiger partial charge in [-0.15, -0.1) is 11.8 Å². The van der Waals surface area contributed by atoms with E-state index in [0.717, 1.165) is 22.6 Å². The second-order valence-corrected chi connectivity index (χ2v) is 6.88. The minimum Gasteiger partial charge on any atom is -0.457 e.